The fraction of sp³-hybridized carbons (Fsp3) is 1.00. The van der Waals surface area contributed by atoms with Crippen molar-refractivity contribution in [1.82, 2.24) is 0 Å². The lowest BCUT2D eigenvalue weighted by Gasteiger charge is -2.34. The first-order chi connectivity index (χ1) is 6.79. The van der Waals surface area contributed by atoms with Crippen LogP contribution in [0.2, 0.25) is 0 Å². The van der Waals surface area contributed by atoms with Gasteiger partial charge in [-0.15, -0.1) is 0 Å². The zero-order valence-electron chi connectivity index (χ0n) is 11.2. The maximum absolute atomic E-state index is 10.1. The summed E-state index contributed by atoms with van der Waals surface area (Å²) in [6, 6.07) is 0. The average Bonchev–Trinajstić information content (AvgIpc) is 2.08. The molecule has 0 aromatic carbocycles. The molecule has 0 amide bonds. The summed E-state index contributed by atoms with van der Waals surface area (Å²) in [5.41, 5.74) is 0.00636. The van der Waals surface area contributed by atoms with Gasteiger partial charge < -0.3 is 9.84 Å². The van der Waals surface area contributed by atoms with Crippen molar-refractivity contribution in [2.45, 2.75) is 66.6 Å². The SMILES string of the molecule is CCOC(C(O)CCC(C)C)C(C)(C)C. The van der Waals surface area contributed by atoms with Gasteiger partial charge in [-0.05, 0) is 31.1 Å². The summed E-state index contributed by atoms with van der Waals surface area (Å²) in [7, 11) is 0. The van der Waals surface area contributed by atoms with Gasteiger partial charge in [0.1, 0.15) is 0 Å². The average molecular weight is 216 g/mol. The lowest BCUT2D eigenvalue weighted by Crippen LogP contribution is -2.40. The van der Waals surface area contributed by atoms with Crippen molar-refractivity contribution in [3.8, 4) is 0 Å². The van der Waals surface area contributed by atoms with Crippen LogP contribution in [-0.4, -0.2) is 23.9 Å². The van der Waals surface area contributed by atoms with E-state index in [1.54, 1.807) is 0 Å². The predicted molar refractivity (Wildman–Crippen MR) is 64.9 cm³/mol. The van der Waals surface area contributed by atoms with Crippen LogP contribution in [0.3, 0.4) is 0 Å². The fourth-order valence-electron chi connectivity index (χ4n) is 1.77. The van der Waals surface area contributed by atoms with Crippen LogP contribution < -0.4 is 0 Å². The smallest absolute Gasteiger partial charge is 0.0881 e. The quantitative estimate of drug-likeness (QED) is 0.738. The van der Waals surface area contributed by atoms with Crippen molar-refractivity contribution in [2.24, 2.45) is 11.3 Å². The van der Waals surface area contributed by atoms with Crippen molar-refractivity contribution >= 4 is 0 Å². The molecule has 0 saturated heterocycles. The van der Waals surface area contributed by atoms with Gasteiger partial charge in [-0.1, -0.05) is 34.6 Å². The molecule has 15 heavy (non-hydrogen) atoms. The van der Waals surface area contributed by atoms with E-state index >= 15 is 0 Å². The first-order valence-electron chi connectivity index (χ1n) is 6.08. The molecule has 0 aromatic heterocycles. The Morgan fingerprint density at radius 3 is 2.00 bits per heavy atom. The minimum absolute atomic E-state index is 0.00636. The van der Waals surface area contributed by atoms with Gasteiger partial charge in [0.25, 0.3) is 0 Å². The molecule has 0 aliphatic heterocycles. The summed E-state index contributed by atoms with van der Waals surface area (Å²) < 4.78 is 5.65. The van der Waals surface area contributed by atoms with E-state index in [4.69, 9.17) is 4.74 Å². The van der Waals surface area contributed by atoms with E-state index in [2.05, 4.69) is 34.6 Å². The number of rotatable bonds is 6. The van der Waals surface area contributed by atoms with Gasteiger partial charge in [0.2, 0.25) is 0 Å². The van der Waals surface area contributed by atoms with E-state index in [-0.39, 0.29) is 17.6 Å². The van der Waals surface area contributed by atoms with E-state index in [1.165, 1.54) is 0 Å². The van der Waals surface area contributed by atoms with Crippen LogP contribution in [0.25, 0.3) is 0 Å². The number of aliphatic hydroxyl groups is 1. The van der Waals surface area contributed by atoms with Crippen molar-refractivity contribution < 1.29 is 9.84 Å². The molecule has 0 aliphatic carbocycles. The summed E-state index contributed by atoms with van der Waals surface area (Å²) in [5, 5.41) is 10.1. The largest absolute Gasteiger partial charge is 0.390 e. The number of aliphatic hydroxyl groups excluding tert-OH is 1. The molecule has 0 heterocycles. The number of hydrogen-bond donors (Lipinski definition) is 1. The molecule has 0 fully saturated rings. The molecule has 2 nitrogen and oxygen atoms in total. The summed E-state index contributed by atoms with van der Waals surface area (Å²) >= 11 is 0. The molecule has 2 atom stereocenters. The van der Waals surface area contributed by atoms with E-state index < -0.39 is 0 Å². The Morgan fingerprint density at radius 2 is 1.67 bits per heavy atom. The van der Waals surface area contributed by atoms with Gasteiger partial charge in [0.15, 0.2) is 0 Å². The van der Waals surface area contributed by atoms with Crippen molar-refractivity contribution in [3.63, 3.8) is 0 Å². The van der Waals surface area contributed by atoms with Gasteiger partial charge in [0, 0.05) is 6.61 Å². The Balaban J connectivity index is 4.23. The molecule has 0 rings (SSSR count). The lowest BCUT2D eigenvalue weighted by molar-refractivity contribution is -0.0914. The van der Waals surface area contributed by atoms with Crippen LogP contribution in [0.15, 0.2) is 0 Å². The molecule has 92 valence electrons. The van der Waals surface area contributed by atoms with Crippen LogP contribution in [0.4, 0.5) is 0 Å². The van der Waals surface area contributed by atoms with Gasteiger partial charge >= 0.3 is 0 Å². The monoisotopic (exact) mass is 216 g/mol. The standard InChI is InChI=1S/C13H28O2/c1-7-15-12(13(4,5)6)11(14)9-8-10(2)3/h10-12,14H,7-9H2,1-6H3. The lowest BCUT2D eigenvalue weighted by atomic mass is 9.83. The topological polar surface area (TPSA) is 29.5 Å². The predicted octanol–water partition coefficient (Wildman–Crippen LogP) is 3.23. The van der Waals surface area contributed by atoms with Crippen LogP contribution in [0.1, 0.15) is 54.4 Å². The second-order valence-electron chi connectivity index (χ2n) is 5.78. The van der Waals surface area contributed by atoms with Crippen LogP contribution in [-0.2, 0) is 4.74 Å². The van der Waals surface area contributed by atoms with Crippen LogP contribution >= 0.6 is 0 Å². The molecule has 1 N–H and O–H groups in total. The Bertz CT molecular complexity index is 158. The molecule has 0 aliphatic rings. The second kappa shape index (κ2) is 6.49. The van der Waals surface area contributed by atoms with Gasteiger partial charge in [-0.25, -0.2) is 0 Å². The molecule has 0 spiro atoms. The van der Waals surface area contributed by atoms with Gasteiger partial charge in [-0.3, -0.25) is 0 Å². The highest BCUT2D eigenvalue weighted by atomic mass is 16.5. The summed E-state index contributed by atoms with van der Waals surface area (Å²) in [4.78, 5) is 0. The third-order valence-corrected chi connectivity index (χ3v) is 2.59. The Labute approximate surface area is 95.0 Å². The first-order valence-corrected chi connectivity index (χ1v) is 6.08. The summed E-state index contributed by atoms with van der Waals surface area (Å²) in [6.45, 7) is 13.4. The van der Waals surface area contributed by atoms with Gasteiger partial charge in [0.05, 0.1) is 12.2 Å². The molecule has 0 bridgehead atoms. The number of hydrogen-bond acceptors (Lipinski definition) is 2. The van der Waals surface area contributed by atoms with Crippen molar-refractivity contribution in [2.75, 3.05) is 6.61 Å². The van der Waals surface area contributed by atoms with Crippen LogP contribution in [0, 0.1) is 11.3 Å². The molecular formula is C13H28O2. The first kappa shape index (κ1) is 14.9. The molecule has 2 heteroatoms. The minimum atomic E-state index is -0.340. The Hall–Kier alpha value is -0.0800. The molecular weight excluding hydrogens is 188 g/mol. The maximum Gasteiger partial charge on any atom is 0.0881 e. The zero-order chi connectivity index (χ0) is 12.1. The molecule has 0 radical (unpaired) electrons. The summed E-state index contributed by atoms with van der Waals surface area (Å²) in [6.07, 6.45) is 1.49. The normalized spacial score (nSPS) is 16.8. The van der Waals surface area contributed by atoms with E-state index in [0.717, 1.165) is 12.8 Å². The summed E-state index contributed by atoms with van der Waals surface area (Å²) in [5.74, 6) is 0.641. The zero-order valence-corrected chi connectivity index (χ0v) is 11.2. The highest BCUT2D eigenvalue weighted by Crippen LogP contribution is 2.27. The van der Waals surface area contributed by atoms with E-state index in [1.807, 2.05) is 6.92 Å². The van der Waals surface area contributed by atoms with Crippen molar-refractivity contribution in [3.05, 3.63) is 0 Å². The Morgan fingerprint density at radius 1 is 1.13 bits per heavy atom. The van der Waals surface area contributed by atoms with E-state index in [9.17, 15) is 5.11 Å². The van der Waals surface area contributed by atoms with E-state index in [0.29, 0.717) is 12.5 Å². The van der Waals surface area contributed by atoms with Gasteiger partial charge in [-0.2, -0.15) is 0 Å². The van der Waals surface area contributed by atoms with Crippen molar-refractivity contribution in [1.29, 1.82) is 0 Å². The number of ether oxygens (including phenoxy) is 1. The third-order valence-electron chi connectivity index (χ3n) is 2.59. The Kier molecular flexibility index (Phi) is 6.46. The molecule has 0 aromatic rings. The van der Waals surface area contributed by atoms with Crippen LogP contribution in [0.5, 0.6) is 0 Å². The highest BCUT2D eigenvalue weighted by molar-refractivity contribution is 4.81. The highest BCUT2D eigenvalue weighted by Gasteiger charge is 2.31. The third kappa shape index (κ3) is 6.16. The fourth-order valence-corrected chi connectivity index (χ4v) is 1.77. The minimum Gasteiger partial charge on any atom is -0.390 e. The molecule has 0 saturated carbocycles. The molecule has 2 unspecified atom stereocenters. The maximum atomic E-state index is 10.1. The second-order valence-corrected chi connectivity index (χ2v) is 5.78.